The van der Waals surface area contributed by atoms with Crippen LogP contribution < -0.4 is 10.1 Å². The maximum absolute atomic E-state index is 13.3. The molecule has 37 heavy (non-hydrogen) atoms. The average molecular weight is 509 g/mol. The number of nitrogens with one attached hydrogen (secondary N) is 1. The molecule has 2 amide bonds. The zero-order valence-corrected chi connectivity index (χ0v) is 22.5. The summed E-state index contributed by atoms with van der Waals surface area (Å²) >= 11 is 0. The molecule has 1 N–H and O–H groups in total. The van der Waals surface area contributed by atoms with Crippen molar-refractivity contribution < 1.29 is 18.7 Å². The van der Waals surface area contributed by atoms with Gasteiger partial charge in [0.25, 0.3) is 0 Å². The van der Waals surface area contributed by atoms with E-state index in [9.17, 15) is 14.0 Å². The van der Waals surface area contributed by atoms with E-state index < -0.39 is 0 Å². The molecule has 1 heterocycles. The molecule has 0 spiro atoms. The summed E-state index contributed by atoms with van der Waals surface area (Å²) in [4.78, 5) is 27.9. The maximum Gasteiger partial charge on any atom is 0.245 e. The first kappa shape index (κ1) is 27.9. The van der Waals surface area contributed by atoms with Gasteiger partial charge in [-0.15, -0.1) is 0 Å². The van der Waals surface area contributed by atoms with Crippen molar-refractivity contribution in [2.24, 2.45) is 5.92 Å². The van der Waals surface area contributed by atoms with Crippen LogP contribution in [0.2, 0.25) is 0 Å². The highest BCUT2D eigenvalue weighted by Gasteiger charge is 2.23. The SMILES string of the molecule is COc1ccc(-n2nc(C(C)(C)C)cc2NC(=O)CN(CCC(C)C)C(=O)Cc2ccc(F)cc2)cc1. The third-order valence-electron chi connectivity index (χ3n) is 5.99. The van der Waals surface area contributed by atoms with Crippen molar-refractivity contribution in [1.82, 2.24) is 14.7 Å². The predicted octanol–water partition coefficient (Wildman–Crippen LogP) is 5.37. The number of benzene rings is 2. The molecule has 0 saturated carbocycles. The highest BCUT2D eigenvalue weighted by atomic mass is 19.1. The fraction of sp³-hybridized carbons (Fsp3) is 0.414. The van der Waals surface area contributed by atoms with Crippen molar-refractivity contribution in [3.05, 3.63) is 71.7 Å². The van der Waals surface area contributed by atoms with Gasteiger partial charge < -0.3 is 15.0 Å². The largest absolute Gasteiger partial charge is 0.497 e. The summed E-state index contributed by atoms with van der Waals surface area (Å²) in [5.41, 5.74) is 2.07. The van der Waals surface area contributed by atoms with E-state index in [1.807, 2.05) is 30.3 Å². The lowest BCUT2D eigenvalue weighted by Gasteiger charge is -2.23. The molecule has 0 bridgehead atoms. The predicted molar refractivity (Wildman–Crippen MR) is 144 cm³/mol. The number of methoxy groups -OCH3 is 1. The summed E-state index contributed by atoms with van der Waals surface area (Å²) in [5.74, 6) is 0.769. The maximum atomic E-state index is 13.3. The molecule has 8 heteroatoms. The van der Waals surface area contributed by atoms with E-state index in [1.54, 1.807) is 28.8 Å². The minimum absolute atomic E-state index is 0.0919. The monoisotopic (exact) mass is 508 g/mol. The second-order valence-electron chi connectivity index (χ2n) is 10.6. The number of carbonyl (C=O) groups is 2. The lowest BCUT2D eigenvalue weighted by molar-refractivity contribution is -0.134. The summed E-state index contributed by atoms with van der Waals surface area (Å²) in [6, 6.07) is 15.1. The fourth-order valence-corrected chi connectivity index (χ4v) is 3.71. The van der Waals surface area contributed by atoms with Crippen LogP contribution in [0.1, 0.15) is 52.3 Å². The van der Waals surface area contributed by atoms with Crippen molar-refractivity contribution in [1.29, 1.82) is 0 Å². The number of halogens is 1. The number of anilines is 1. The van der Waals surface area contributed by atoms with E-state index in [0.717, 1.165) is 23.6 Å². The second kappa shape index (κ2) is 12.0. The summed E-state index contributed by atoms with van der Waals surface area (Å²) in [5, 5.41) is 7.71. The van der Waals surface area contributed by atoms with E-state index >= 15 is 0 Å². The number of rotatable bonds is 10. The smallest absolute Gasteiger partial charge is 0.245 e. The zero-order chi connectivity index (χ0) is 27.2. The first-order chi connectivity index (χ1) is 17.5. The van der Waals surface area contributed by atoms with Crippen LogP contribution in [0.25, 0.3) is 5.69 Å². The number of ether oxygens (including phenoxy) is 1. The minimum Gasteiger partial charge on any atom is -0.497 e. The number of nitrogens with zero attached hydrogens (tertiary/aromatic N) is 3. The Balaban J connectivity index is 1.81. The molecule has 198 valence electrons. The lowest BCUT2D eigenvalue weighted by atomic mass is 9.92. The van der Waals surface area contributed by atoms with Gasteiger partial charge in [0.1, 0.15) is 17.4 Å². The normalized spacial score (nSPS) is 11.5. The highest BCUT2D eigenvalue weighted by Crippen LogP contribution is 2.27. The van der Waals surface area contributed by atoms with Crippen molar-refractivity contribution >= 4 is 17.6 Å². The van der Waals surface area contributed by atoms with Gasteiger partial charge in [-0.25, -0.2) is 9.07 Å². The topological polar surface area (TPSA) is 76.5 Å². The number of carbonyl (C=O) groups excluding carboxylic acids is 2. The van der Waals surface area contributed by atoms with Crippen LogP contribution in [-0.4, -0.2) is 46.7 Å². The van der Waals surface area contributed by atoms with Crippen LogP contribution in [0.15, 0.2) is 54.6 Å². The minimum atomic E-state index is -0.352. The van der Waals surface area contributed by atoms with Gasteiger partial charge in [-0.1, -0.05) is 46.8 Å². The molecule has 3 aromatic rings. The van der Waals surface area contributed by atoms with Gasteiger partial charge in [0, 0.05) is 18.0 Å². The van der Waals surface area contributed by atoms with Gasteiger partial charge >= 0.3 is 0 Å². The second-order valence-corrected chi connectivity index (χ2v) is 10.6. The van der Waals surface area contributed by atoms with Crippen LogP contribution in [0, 0.1) is 11.7 Å². The van der Waals surface area contributed by atoms with E-state index in [4.69, 9.17) is 9.84 Å². The molecule has 7 nitrogen and oxygen atoms in total. The molecule has 3 rings (SSSR count). The van der Waals surface area contributed by atoms with Crippen LogP contribution >= 0.6 is 0 Å². The van der Waals surface area contributed by atoms with Gasteiger partial charge in [0.05, 0.1) is 31.5 Å². The van der Waals surface area contributed by atoms with E-state index in [0.29, 0.717) is 23.8 Å². The molecule has 0 aliphatic carbocycles. The Morgan fingerprint density at radius 2 is 1.73 bits per heavy atom. The van der Waals surface area contributed by atoms with Crippen molar-refractivity contribution in [3.8, 4) is 11.4 Å². The van der Waals surface area contributed by atoms with E-state index in [1.165, 1.54) is 12.1 Å². The number of hydrogen-bond acceptors (Lipinski definition) is 4. The molecule has 2 aromatic carbocycles. The van der Waals surface area contributed by atoms with Gasteiger partial charge in [-0.05, 0) is 54.3 Å². The number of amides is 2. The van der Waals surface area contributed by atoms with E-state index in [2.05, 4.69) is 39.9 Å². The van der Waals surface area contributed by atoms with Gasteiger partial charge in [-0.2, -0.15) is 5.10 Å². The van der Waals surface area contributed by atoms with Gasteiger partial charge in [0.2, 0.25) is 11.8 Å². The molecular weight excluding hydrogens is 471 g/mol. The van der Waals surface area contributed by atoms with Crippen LogP contribution in [0.4, 0.5) is 10.2 Å². The summed E-state index contributed by atoms with van der Waals surface area (Å²) in [7, 11) is 1.61. The molecule has 0 aliphatic heterocycles. The molecule has 1 aromatic heterocycles. The van der Waals surface area contributed by atoms with Crippen LogP contribution in [0.3, 0.4) is 0 Å². The molecule has 0 radical (unpaired) electrons. The fourth-order valence-electron chi connectivity index (χ4n) is 3.71. The Morgan fingerprint density at radius 3 is 2.30 bits per heavy atom. The Kier molecular flexibility index (Phi) is 9.08. The summed E-state index contributed by atoms with van der Waals surface area (Å²) in [6.07, 6.45) is 0.865. The molecule has 0 saturated heterocycles. The Labute approximate surface area is 218 Å². The van der Waals surface area contributed by atoms with Crippen molar-refractivity contribution in [3.63, 3.8) is 0 Å². The average Bonchev–Trinajstić information content (AvgIpc) is 3.27. The van der Waals surface area contributed by atoms with Gasteiger partial charge in [0.15, 0.2) is 0 Å². The van der Waals surface area contributed by atoms with Crippen molar-refractivity contribution in [2.75, 3.05) is 25.5 Å². The first-order valence-electron chi connectivity index (χ1n) is 12.5. The summed E-state index contributed by atoms with van der Waals surface area (Å²) in [6.45, 7) is 10.7. The zero-order valence-electron chi connectivity index (χ0n) is 22.5. The third-order valence-corrected chi connectivity index (χ3v) is 5.99. The number of hydrogen-bond donors (Lipinski definition) is 1. The van der Waals surface area contributed by atoms with Gasteiger partial charge in [-0.3, -0.25) is 9.59 Å². The molecule has 0 unspecified atom stereocenters. The molecule has 0 fully saturated rings. The quantitative estimate of drug-likeness (QED) is 0.399. The number of aromatic nitrogens is 2. The Morgan fingerprint density at radius 1 is 1.08 bits per heavy atom. The van der Waals surface area contributed by atoms with Crippen molar-refractivity contribution in [2.45, 2.75) is 52.9 Å². The van der Waals surface area contributed by atoms with Crippen LogP contribution in [-0.2, 0) is 21.4 Å². The Hall–Kier alpha value is -3.68. The molecular formula is C29H37FN4O3. The lowest BCUT2D eigenvalue weighted by Crippen LogP contribution is -2.40. The first-order valence-corrected chi connectivity index (χ1v) is 12.5. The summed E-state index contributed by atoms with van der Waals surface area (Å²) < 4.78 is 20.2. The Bertz CT molecular complexity index is 1200. The van der Waals surface area contributed by atoms with E-state index in [-0.39, 0.29) is 36.0 Å². The molecule has 0 aliphatic rings. The van der Waals surface area contributed by atoms with Crippen LogP contribution in [0.5, 0.6) is 5.75 Å². The standard InChI is InChI=1S/C29H37FN4O3/c1-20(2)15-16-33(28(36)17-21-7-9-22(30)10-8-21)19-27(35)31-26-18-25(29(3,4)5)32-34(26)23-11-13-24(37-6)14-12-23/h7-14,18,20H,15-17,19H2,1-6H3,(H,31,35). The third kappa shape index (κ3) is 7.90. The molecule has 0 atom stereocenters. The highest BCUT2D eigenvalue weighted by molar-refractivity contribution is 5.94.